The Morgan fingerprint density at radius 3 is 2.28 bits per heavy atom. The van der Waals surface area contributed by atoms with Crippen LogP contribution in [0.15, 0.2) is 0 Å². The number of carbonyl (C=O) groups is 1. The summed E-state index contributed by atoms with van der Waals surface area (Å²) < 4.78 is 25.7. The van der Waals surface area contributed by atoms with Crippen molar-refractivity contribution < 1.29 is 13.2 Å². The predicted molar refractivity (Wildman–Crippen MR) is 69.6 cm³/mol. The lowest BCUT2D eigenvalue weighted by atomic mass is 10.2. The summed E-state index contributed by atoms with van der Waals surface area (Å²) in [7, 11) is -3.19. The van der Waals surface area contributed by atoms with E-state index >= 15 is 0 Å². The van der Waals surface area contributed by atoms with Gasteiger partial charge in [0, 0.05) is 25.6 Å². The Balaban J connectivity index is 1.76. The van der Waals surface area contributed by atoms with Gasteiger partial charge in [0.1, 0.15) is 0 Å². The fourth-order valence-electron chi connectivity index (χ4n) is 2.24. The first-order chi connectivity index (χ1) is 8.59. The van der Waals surface area contributed by atoms with Gasteiger partial charge in [-0.1, -0.05) is 12.8 Å². The average Bonchev–Trinajstić information content (AvgIpc) is 3.16. The largest absolute Gasteiger partial charge is 0.355 e. The standard InChI is InChI=1S/C12H22N2O3S/c15-12(11-5-6-11)13-7-10-18(16,17)14-8-3-1-2-4-9-14/h11H,1-10H2,(H,13,15). The van der Waals surface area contributed by atoms with Crippen LogP contribution >= 0.6 is 0 Å². The van der Waals surface area contributed by atoms with Crippen molar-refractivity contribution in [3.05, 3.63) is 0 Å². The molecule has 0 bridgehead atoms. The maximum absolute atomic E-state index is 12.1. The summed E-state index contributed by atoms with van der Waals surface area (Å²) in [5, 5.41) is 2.71. The summed E-state index contributed by atoms with van der Waals surface area (Å²) in [6.07, 6.45) is 6.03. The van der Waals surface area contributed by atoms with Crippen molar-refractivity contribution in [1.82, 2.24) is 9.62 Å². The Kier molecular flexibility index (Phi) is 4.61. The summed E-state index contributed by atoms with van der Waals surface area (Å²) in [6.45, 7) is 1.52. The van der Waals surface area contributed by atoms with Crippen LogP contribution in [0.25, 0.3) is 0 Å². The molecule has 1 aliphatic heterocycles. The average molecular weight is 274 g/mol. The maximum atomic E-state index is 12.1. The second-order valence-corrected chi connectivity index (χ2v) is 7.28. The fourth-order valence-corrected chi connectivity index (χ4v) is 3.67. The van der Waals surface area contributed by atoms with E-state index in [1.54, 1.807) is 4.31 Å². The number of hydrogen-bond acceptors (Lipinski definition) is 3. The van der Waals surface area contributed by atoms with Gasteiger partial charge in [0.25, 0.3) is 0 Å². The normalized spacial score (nSPS) is 22.4. The number of nitrogens with one attached hydrogen (secondary N) is 1. The first-order valence-corrected chi connectivity index (χ1v) is 8.46. The van der Waals surface area contributed by atoms with Crippen LogP contribution in [0, 0.1) is 5.92 Å². The van der Waals surface area contributed by atoms with Gasteiger partial charge in [-0.15, -0.1) is 0 Å². The van der Waals surface area contributed by atoms with E-state index in [9.17, 15) is 13.2 Å². The Hall–Kier alpha value is -0.620. The number of rotatable bonds is 5. The third-order valence-corrected chi connectivity index (χ3v) is 5.44. The topological polar surface area (TPSA) is 66.5 Å². The Morgan fingerprint density at radius 2 is 1.72 bits per heavy atom. The first-order valence-electron chi connectivity index (χ1n) is 6.85. The summed E-state index contributed by atoms with van der Waals surface area (Å²) in [4.78, 5) is 11.4. The molecule has 0 atom stereocenters. The summed E-state index contributed by atoms with van der Waals surface area (Å²) in [5.74, 6) is 0.192. The number of hydrogen-bond donors (Lipinski definition) is 1. The van der Waals surface area contributed by atoms with E-state index in [1.807, 2.05) is 0 Å². The second kappa shape index (κ2) is 6.02. The smallest absolute Gasteiger partial charge is 0.223 e. The maximum Gasteiger partial charge on any atom is 0.223 e. The van der Waals surface area contributed by atoms with Crippen molar-refractivity contribution in [2.24, 2.45) is 5.92 Å². The van der Waals surface area contributed by atoms with Crippen LogP contribution in [0.5, 0.6) is 0 Å². The molecule has 1 N–H and O–H groups in total. The zero-order valence-corrected chi connectivity index (χ0v) is 11.5. The molecule has 1 amide bonds. The van der Waals surface area contributed by atoms with Crippen molar-refractivity contribution >= 4 is 15.9 Å². The van der Waals surface area contributed by atoms with E-state index in [0.717, 1.165) is 38.5 Å². The van der Waals surface area contributed by atoms with E-state index < -0.39 is 10.0 Å². The lowest BCUT2D eigenvalue weighted by Gasteiger charge is -2.19. The Morgan fingerprint density at radius 1 is 1.11 bits per heavy atom. The third-order valence-electron chi connectivity index (χ3n) is 3.57. The van der Waals surface area contributed by atoms with Crippen molar-refractivity contribution in [3.63, 3.8) is 0 Å². The minimum atomic E-state index is -3.19. The molecule has 0 unspecified atom stereocenters. The molecule has 104 valence electrons. The van der Waals surface area contributed by atoms with Crippen LogP contribution in [0.1, 0.15) is 38.5 Å². The molecule has 0 aromatic heterocycles. The quantitative estimate of drug-likeness (QED) is 0.803. The van der Waals surface area contributed by atoms with Gasteiger partial charge < -0.3 is 5.32 Å². The zero-order chi connectivity index (χ0) is 13.0. The third kappa shape index (κ3) is 3.95. The molecule has 18 heavy (non-hydrogen) atoms. The second-order valence-electron chi connectivity index (χ2n) is 5.19. The minimum absolute atomic E-state index is 0.0149. The molecule has 5 nitrogen and oxygen atoms in total. The van der Waals surface area contributed by atoms with Gasteiger partial charge in [0.15, 0.2) is 0 Å². The highest BCUT2D eigenvalue weighted by atomic mass is 32.2. The molecule has 0 aromatic carbocycles. The van der Waals surface area contributed by atoms with E-state index in [-0.39, 0.29) is 24.1 Å². The number of nitrogens with zero attached hydrogens (tertiary/aromatic N) is 1. The number of carbonyl (C=O) groups excluding carboxylic acids is 1. The molecule has 1 saturated carbocycles. The Bertz CT molecular complexity index is 382. The summed E-state index contributed by atoms with van der Waals surface area (Å²) >= 11 is 0. The number of amides is 1. The van der Waals surface area contributed by atoms with Crippen LogP contribution in [0.2, 0.25) is 0 Å². The predicted octanol–water partition coefficient (Wildman–Crippen LogP) is 0.718. The molecule has 0 aromatic rings. The van der Waals surface area contributed by atoms with Crippen LogP contribution < -0.4 is 5.32 Å². The van der Waals surface area contributed by atoms with E-state index in [0.29, 0.717) is 13.1 Å². The molecule has 2 rings (SSSR count). The summed E-state index contributed by atoms with van der Waals surface area (Å²) in [5.41, 5.74) is 0. The van der Waals surface area contributed by atoms with E-state index in [2.05, 4.69) is 5.32 Å². The first kappa shape index (κ1) is 13.8. The number of sulfonamides is 1. The van der Waals surface area contributed by atoms with Gasteiger partial charge in [0.05, 0.1) is 5.75 Å². The Labute approximate surface area is 109 Å². The van der Waals surface area contributed by atoms with Crippen molar-refractivity contribution in [2.75, 3.05) is 25.4 Å². The monoisotopic (exact) mass is 274 g/mol. The van der Waals surface area contributed by atoms with Crippen molar-refractivity contribution in [1.29, 1.82) is 0 Å². The lowest BCUT2D eigenvalue weighted by Crippen LogP contribution is -2.38. The van der Waals surface area contributed by atoms with Crippen LogP contribution in [-0.2, 0) is 14.8 Å². The van der Waals surface area contributed by atoms with Crippen molar-refractivity contribution in [2.45, 2.75) is 38.5 Å². The molecule has 1 heterocycles. The van der Waals surface area contributed by atoms with Crippen LogP contribution in [0.4, 0.5) is 0 Å². The molecule has 2 aliphatic rings. The highest BCUT2D eigenvalue weighted by Crippen LogP contribution is 2.28. The van der Waals surface area contributed by atoms with Crippen molar-refractivity contribution in [3.8, 4) is 0 Å². The van der Waals surface area contributed by atoms with Gasteiger partial charge >= 0.3 is 0 Å². The van der Waals surface area contributed by atoms with Gasteiger partial charge in [-0.3, -0.25) is 4.79 Å². The van der Waals surface area contributed by atoms with E-state index in [4.69, 9.17) is 0 Å². The molecule has 1 saturated heterocycles. The molecule has 2 fully saturated rings. The summed E-state index contributed by atoms with van der Waals surface area (Å²) in [6, 6.07) is 0. The SMILES string of the molecule is O=C(NCCS(=O)(=O)N1CCCCCC1)C1CC1. The zero-order valence-electron chi connectivity index (χ0n) is 10.7. The fraction of sp³-hybridized carbons (Fsp3) is 0.917. The molecule has 0 spiro atoms. The molecule has 0 radical (unpaired) electrons. The molecular weight excluding hydrogens is 252 g/mol. The van der Waals surface area contributed by atoms with Gasteiger partial charge in [-0.25, -0.2) is 12.7 Å². The molecular formula is C12H22N2O3S. The van der Waals surface area contributed by atoms with Crippen LogP contribution in [0.3, 0.4) is 0 Å². The van der Waals surface area contributed by atoms with Gasteiger partial charge in [0.2, 0.25) is 15.9 Å². The molecule has 6 heteroatoms. The lowest BCUT2D eigenvalue weighted by molar-refractivity contribution is -0.122. The highest BCUT2D eigenvalue weighted by Gasteiger charge is 2.30. The van der Waals surface area contributed by atoms with Gasteiger partial charge in [-0.05, 0) is 25.7 Å². The van der Waals surface area contributed by atoms with E-state index in [1.165, 1.54) is 0 Å². The minimum Gasteiger partial charge on any atom is -0.355 e. The molecule has 1 aliphatic carbocycles. The van der Waals surface area contributed by atoms with Gasteiger partial charge in [-0.2, -0.15) is 0 Å². The van der Waals surface area contributed by atoms with Crippen LogP contribution in [-0.4, -0.2) is 44.0 Å². The highest BCUT2D eigenvalue weighted by molar-refractivity contribution is 7.89.